The van der Waals surface area contributed by atoms with Gasteiger partial charge in [0.1, 0.15) is 5.75 Å². The molecule has 15 heavy (non-hydrogen) atoms. The molecule has 0 saturated carbocycles. The molecular weight excluding hydrogens is 192 g/mol. The van der Waals surface area contributed by atoms with Crippen molar-refractivity contribution in [3.05, 3.63) is 24.3 Å². The molecule has 0 heterocycles. The lowest BCUT2D eigenvalue weighted by Gasteiger charge is -2.07. The van der Waals surface area contributed by atoms with Crippen molar-refractivity contribution in [1.29, 1.82) is 0 Å². The predicted molar refractivity (Wildman–Crippen MR) is 62.3 cm³/mol. The van der Waals surface area contributed by atoms with Gasteiger partial charge in [0, 0.05) is 14.1 Å². The summed E-state index contributed by atoms with van der Waals surface area (Å²) < 4.78 is 5.37. The van der Waals surface area contributed by atoms with E-state index in [1.807, 2.05) is 38.2 Å². The Hall–Kier alpha value is -1.71. The van der Waals surface area contributed by atoms with Crippen LogP contribution in [0.25, 0.3) is 0 Å². The van der Waals surface area contributed by atoms with Crippen LogP contribution in [0.5, 0.6) is 5.75 Å². The van der Waals surface area contributed by atoms with Gasteiger partial charge in [0.2, 0.25) is 6.41 Å². The Bertz CT molecular complexity index is 277. The molecule has 1 amide bonds. The van der Waals surface area contributed by atoms with Gasteiger partial charge in [-0.1, -0.05) is 12.1 Å². The molecule has 1 aromatic rings. The number of nitrogens with one attached hydrogen (secondary N) is 2. The SMILES string of the molecule is CCOc1ccccc1NC.CNC=O. The van der Waals surface area contributed by atoms with Crippen molar-refractivity contribution in [2.45, 2.75) is 6.92 Å². The predicted octanol–water partition coefficient (Wildman–Crippen LogP) is 1.49. The van der Waals surface area contributed by atoms with E-state index in [1.165, 1.54) is 0 Å². The summed E-state index contributed by atoms with van der Waals surface area (Å²) in [5, 5.41) is 5.31. The first kappa shape index (κ1) is 13.3. The largest absolute Gasteiger partial charge is 0.492 e. The number of hydrogen-bond donors (Lipinski definition) is 2. The molecule has 1 aromatic carbocycles. The van der Waals surface area contributed by atoms with Gasteiger partial charge >= 0.3 is 0 Å². The summed E-state index contributed by atoms with van der Waals surface area (Å²) in [7, 11) is 3.45. The van der Waals surface area contributed by atoms with Crippen molar-refractivity contribution in [3.8, 4) is 5.75 Å². The van der Waals surface area contributed by atoms with Crippen molar-refractivity contribution >= 4 is 12.1 Å². The molecule has 1 rings (SSSR count). The van der Waals surface area contributed by atoms with Gasteiger partial charge in [-0.25, -0.2) is 0 Å². The maximum atomic E-state index is 9.06. The molecule has 0 spiro atoms. The first-order valence-electron chi connectivity index (χ1n) is 4.80. The summed E-state index contributed by atoms with van der Waals surface area (Å²) >= 11 is 0. The fourth-order valence-electron chi connectivity index (χ4n) is 0.955. The second kappa shape index (κ2) is 8.87. The van der Waals surface area contributed by atoms with E-state index in [0.29, 0.717) is 13.0 Å². The number of rotatable bonds is 4. The second-order valence-electron chi connectivity index (χ2n) is 2.59. The minimum atomic E-state index is 0.625. The Morgan fingerprint density at radius 3 is 2.40 bits per heavy atom. The van der Waals surface area contributed by atoms with Crippen LogP contribution in [-0.2, 0) is 4.79 Å². The lowest BCUT2D eigenvalue weighted by atomic mass is 10.3. The zero-order valence-electron chi connectivity index (χ0n) is 9.41. The van der Waals surface area contributed by atoms with Crippen LogP contribution in [0, 0.1) is 0 Å². The molecular formula is C11H18N2O2. The van der Waals surface area contributed by atoms with Crippen LogP contribution in [-0.4, -0.2) is 27.1 Å². The van der Waals surface area contributed by atoms with Crippen LogP contribution in [0.3, 0.4) is 0 Å². The molecule has 0 radical (unpaired) electrons. The maximum Gasteiger partial charge on any atom is 0.206 e. The highest BCUT2D eigenvalue weighted by Gasteiger charge is 1.96. The van der Waals surface area contributed by atoms with Crippen LogP contribution >= 0.6 is 0 Å². The average Bonchev–Trinajstić information content (AvgIpc) is 2.30. The topological polar surface area (TPSA) is 50.4 Å². The zero-order chi connectivity index (χ0) is 11.5. The molecule has 0 atom stereocenters. The Morgan fingerprint density at radius 2 is 1.93 bits per heavy atom. The molecule has 0 aliphatic rings. The summed E-state index contributed by atoms with van der Waals surface area (Å²) in [4.78, 5) is 9.06. The van der Waals surface area contributed by atoms with Crippen molar-refractivity contribution in [3.63, 3.8) is 0 Å². The maximum absolute atomic E-state index is 9.06. The van der Waals surface area contributed by atoms with E-state index in [1.54, 1.807) is 7.05 Å². The van der Waals surface area contributed by atoms with E-state index in [9.17, 15) is 0 Å². The number of benzene rings is 1. The van der Waals surface area contributed by atoms with Gasteiger partial charge in [-0.2, -0.15) is 0 Å². The number of ether oxygens (including phenoxy) is 1. The van der Waals surface area contributed by atoms with Gasteiger partial charge in [-0.05, 0) is 19.1 Å². The third kappa shape index (κ3) is 5.57. The molecule has 0 aliphatic carbocycles. The summed E-state index contributed by atoms with van der Waals surface area (Å²) in [6.45, 7) is 2.69. The standard InChI is InChI=1S/C9H13NO.C2H5NO/c1-3-11-9-7-5-4-6-8(9)10-2;1-3-2-4/h4-7,10H,3H2,1-2H3;2H,1H3,(H,3,4). The van der Waals surface area contributed by atoms with Crippen LogP contribution in [0.15, 0.2) is 24.3 Å². The monoisotopic (exact) mass is 210 g/mol. The van der Waals surface area contributed by atoms with Gasteiger partial charge in [0.05, 0.1) is 12.3 Å². The Labute approximate surface area is 90.6 Å². The first-order chi connectivity index (χ1) is 7.29. The van der Waals surface area contributed by atoms with E-state index in [4.69, 9.17) is 9.53 Å². The number of carbonyl (C=O) groups is 1. The summed E-state index contributed by atoms with van der Waals surface area (Å²) in [5.41, 5.74) is 1.04. The third-order valence-electron chi connectivity index (χ3n) is 1.57. The van der Waals surface area contributed by atoms with Crippen molar-refractivity contribution < 1.29 is 9.53 Å². The molecule has 0 aliphatic heterocycles. The minimum absolute atomic E-state index is 0.625. The quantitative estimate of drug-likeness (QED) is 0.740. The minimum Gasteiger partial charge on any atom is -0.492 e. The van der Waals surface area contributed by atoms with E-state index in [-0.39, 0.29) is 0 Å². The van der Waals surface area contributed by atoms with Crippen molar-refractivity contribution in [2.75, 3.05) is 26.0 Å². The average molecular weight is 210 g/mol. The Morgan fingerprint density at radius 1 is 1.33 bits per heavy atom. The third-order valence-corrected chi connectivity index (χ3v) is 1.57. The molecule has 84 valence electrons. The van der Waals surface area contributed by atoms with Gasteiger partial charge in [0.15, 0.2) is 0 Å². The van der Waals surface area contributed by atoms with Crippen molar-refractivity contribution in [2.24, 2.45) is 0 Å². The van der Waals surface area contributed by atoms with Gasteiger partial charge in [-0.3, -0.25) is 4.79 Å². The molecule has 0 saturated heterocycles. The van der Waals surface area contributed by atoms with E-state index in [2.05, 4.69) is 10.6 Å². The summed E-state index contributed by atoms with van der Waals surface area (Å²) in [6, 6.07) is 7.89. The Kier molecular flexibility index (Phi) is 7.86. The lowest BCUT2D eigenvalue weighted by Crippen LogP contribution is -1.98. The molecule has 4 nitrogen and oxygen atoms in total. The number of anilines is 1. The normalized spacial score (nSPS) is 8.20. The highest BCUT2D eigenvalue weighted by Crippen LogP contribution is 2.22. The zero-order valence-corrected chi connectivity index (χ0v) is 9.41. The number of carbonyl (C=O) groups excluding carboxylic acids is 1. The molecule has 0 aromatic heterocycles. The van der Waals surface area contributed by atoms with Gasteiger partial charge in [-0.15, -0.1) is 0 Å². The summed E-state index contributed by atoms with van der Waals surface area (Å²) in [5.74, 6) is 0.914. The molecule has 0 unspecified atom stereocenters. The fourth-order valence-corrected chi connectivity index (χ4v) is 0.955. The highest BCUT2D eigenvalue weighted by atomic mass is 16.5. The number of amides is 1. The van der Waals surface area contributed by atoms with Crippen LogP contribution < -0.4 is 15.4 Å². The van der Waals surface area contributed by atoms with Crippen LogP contribution in [0.1, 0.15) is 6.92 Å². The smallest absolute Gasteiger partial charge is 0.206 e. The van der Waals surface area contributed by atoms with Gasteiger partial charge in [0.25, 0.3) is 0 Å². The summed E-state index contributed by atoms with van der Waals surface area (Å²) in [6.07, 6.45) is 0.625. The molecule has 2 N–H and O–H groups in total. The van der Waals surface area contributed by atoms with E-state index < -0.39 is 0 Å². The first-order valence-corrected chi connectivity index (χ1v) is 4.80. The van der Waals surface area contributed by atoms with Gasteiger partial charge < -0.3 is 15.4 Å². The lowest BCUT2D eigenvalue weighted by molar-refractivity contribution is -0.109. The number of para-hydroxylation sites is 2. The van der Waals surface area contributed by atoms with Crippen LogP contribution in [0.2, 0.25) is 0 Å². The van der Waals surface area contributed by atoms with E-state index in [0.717, 1.165) is 11.4 Å². The molecule has 4 heteroatoms. The fraction of sp³-hybridized carbons (Fsp3) is 0.364. The molecule has 0 fully saturated rings. The highest BCUT2D eigenvalue weighted by molar-refractivity contribution is 5.55. The molecule has 0 bridgehead atoms. The second-order valence-corrected chi connectivity index (χ2v) is 2.59. The number of hydrogen-bond acceptors (Lipinski definition) is 3. The van der Waals surface area contributed by atoms with E-state index >= 15 is 0 Å². The van der Waals surface area contributed by atoms with Crippen molar-refractivity contribution in [1.82, 2.24) is 5.32 Å². The van der Waals surface area contributed by atoms with Crippen LogP contribution in [0.4, 0.5) is 5.69 Å². The Balaban J connectivity index is 0.000000423.